The average molecular weight is 128 g/mol. The van der Waals surface area contributed by atoms with E-state index in [2.05, 4.69) is 17.6 Å². The monoisotopic (exact) mass is 128 g/mol. The van der Waals surface area contributed by atoms with Crippen LogP contribution in [0.2, 0.25) is 0 Å². The largest absolute Gasteiger partial charge is 0.354 e. The van der Waals surface area contributed by atoms with Crippen molar-refractivity contribution in [3.63, 3.8) is 0 Å². The second kappa shape index (κ2) is 2.35. The molecule has 0 radical (unpaired) electrons. The lowest BCUT2D eigenvalue weighted by atomic mass is 10.1. The topological polar surface area (TPSA) is 41.1 Å². The lowest BCUT2D eigenvalue weighted by molar-refractivity contribution is -0.121. The van der Waals surface area contributed by atoms with Gasteiger partial charge in [0.25, 0.3) is 0 Å². The fraction of sp³-hybridized carbons (Fsp3) is 0.833. The number of amides is 1. The number of nitrogens with one attached hydrogen (secondary N) is 2. The standard InChI is InChI=1S/C6H12N2O/c1-4-3-8-6(9)5(4)7-2/h4-5,7H,3H2,1-2H3,(H,8,9). The van der Waals surface area contributed by atoms with Gasteiger partial charge in [-0.3, -0.25) is 4.79 Å². The summed E-state index contributed by atoms with van der Waals surface area (Å²) in [6.45, 7) is 2.86. The fourth-order valence-corrected chi connectivity index (χ4v) is 1.16. The van der Waals surface area contributed by atoms with E-state index in [1.54, 1.807) is 0 Å². The molecule has 0 aromatic carbocycles. The normalized spacial score (nSPS) is 34.7. The highest BCUT2D eigenvalue weighted by Gasteiger charge is 2.29. The predicted octanol–water partition coefficient (Wildman–Crippen LogP) is -0.660. The molecule has 1 aliphatic rings. The smallest absolute Gasteiger partial charge is 0.237 e. The highest BCUT2D eigenvalue weighted by atomic mass is 16.2. The molecule has 0 aromatic rings. The molecule has 1 saturated heterocycles. The summed E-state index contributed by atoms with van der Waals surface area (Å²) in [7, 11) is 1.81. The zero-order valence-corrected chi connectivity index (χ0v) is 5.77. The van der Waals surface area contributed by atoms with E-state index in [1.807, 2.05) is 7.05 Å². The average Bonchev–Trinajstić information content (AvgIpc) is 2.12. The third kappa shape index (κ3) is 1.05. The van der Waals surface area contributed by atoms with Gasteiger partial charge in [-0.15, -0.1) is 0 Å². The Labute approximate surface area is 54.8 Å². The van der Waals surface area contributed by atoms with Gasteiger partial charge in [0.2, 0.25) is 5.91 Å². The number of carbonyl (C=O) groups is 1. The number of hydrogen-bond donors (Lipinski definition) is 2. The van der Waals surface area contributed by atoms with Crippen LogP contribution in [0.3, 0.4) is 0 Å². The van der Waals surface area contributed by atoms with Crippen LogP contribution in [0.25, 0.3) is 0 Å². The molecule has 1 aliphatic heterocycles. The number of likely N-dealkylation sites (N-methyl/N-ethyl adjacent to an activating group) is 1. The van der Waals surface area contributed by atoms with Crippen molar-refractivity contribution in [1.82, 2.24) is 10.6 Å². The maximum atomic E-state index is 10.8. The molecule has 2 N–H and O–H groups in total. The summed E-state index contributed by atoms with van der Waals surface area (Å²) in [6.07, 6.45) is 0. The quantitative estimate of drug-likeness (QED) is 0.492. The van der Waals surface area contributed by atoms with Crippen LogP contribution >= 0.6 is 0 Å². The highest BCUT2D eigenvalue weighted by Crippen LogP contribution is 2.07. The molecule has 1 rings (SSSR count). The van der Waals surface area contributed by atoms with Crippen LogP contribution in [0.4, 0.5) is 0 Å². The molecule has 3 heteroatoms. The van der Waals surface area contributed by atoms with E-state index < -0.39 is 0 Å². The Morgan fingerprint density at radius 1 is 1.78 bits per heavy atom. The molecule has 0 aromatic heterocycles. The molecule has 1 amide bonds. The van der Waals surface area contributed by atoms with Gasteiger partial charge in [0.05, 0.1) is 6.04 Å². The molecule has 2 unspecified atom stereocenters. The van der Waals surface area contributed by atoms with Crippen molar-refractivity contribution in [2.24, 2.45) is 5.92 Å². The Morgan fingerprint density at radius 3 is 2.67 bits per heavy atom. The summed E-state index contributed by atoms with van der Waals surface area (Å²) in [4.78, 5) is 10.8. The van der Waals surface area contributed by atoms with E-state index in [1.165, 1.54) is 0 Å². The molecule has 2 atom stereocenters. The number of carbonyl (C=O) groups excluding carboxylic acids is 1. The van der Waals surface area contributed by atoms with E-state index in [0.717, 1.165) is 6.54 Å². The first-order valence-corrected chi connectivity index (χ1v) is 3.20. The summed E-state index contributed by atoms with van der Waals surface area (Å²) in [5.74, 6) is 0.562. The first kappa shape index (κ1) is 6.55. The molecule has 1 heterocycles. The Balaban J connectivity index is 2.55. The van der Waals surface area contributed by atoms with Crippen LogP contribution < -0.4 is 10.6 Å². The first-order valence-electron chi connectivity index (χ1n) is 3.20. The molecule has 9 heavy (non-hydrogen) atoms. The molecule has 0 spiro atoms. The third-order valence-electron chi connectivity index (χ3n) is 1.76. The Morgan fingerprint density at radius 2 is 2.44 bits per heavy atom. The van der Waals surface area contributed by atoms with Crippen molar-refractivity contribution >= 4 is 5.91 Å². The van der Waals surface area contributed by atoms with Gasteiger partial charge in [-0.2, -0.15) is 0 Å². The van der Waals surface area contributed by atoms with E-state index >= 15 is 0 Å². The molecule has 3 nitrogen and oxygen atoms in total. The van der Waals surface area contributed by atoms with Crippen molar-refractivity contribution in [1.29, 1.82) is 0 Å². The van der Waals surface area contributed by atoms with E-state index in [0.29, 0.717) is 5.92 Å². The van der Waals surface area contributed by atoms with Gasteiger partial charge in [-0.1, -0.05) is 6.92 Å². The van der Waals surface area contributed by atoms with Crippen LogP contribution in [0.5, 0.6) is 0 Å². The number of rotatable bonds is 1. The second-order valence-electron chi connectivity index (χ2n) is 2.49. The van der Waals surface area contributed by atoms with Gasteiger partial charge < -0.3 is 10.6 Å². The van der Waals surface area contributed by atoms with Gasteiger partial charge in [0, 0.05) is 6.54 Å². The summed E-state index contributed by atoms with van der Waals surface area (Å²) in [5.41, 5.74) is 0. The Kier molecular flexibility index (Phi) is 1.71. The summed E-state index contributed by atoms with van der Waals surface area (Å²) in [6, 6.07) is 0.0324. The minimum atomic E-state index is 0.0324. The highest BCUT2D eigenvalue weighted by molar-refractivity contribution is 5.84. The number of hydrogen-bond acceptors (Lipinski definition) is 2. The SMILES string of the molecule is CNC1C(=O)NCC1C. The zero-order chi connectivity index (χ0) is 6.85. The third-order valence-corrected chi connectivity index (χ3v) is 1.76. The summed E-state index contributed by atoms with van der Waals surface area (Å²) < 4.78 is 0. The lowest BCUT2D eigenvalue weighted by Crippen LogP contribution is -2.36. The van der Waals surface area contributed by atoms with E-state index in [9.17, 15) is 4.79 Å². The molecule has 1 fully saturated rings. The minimum Gasteiger partial charge on any atom is -0.354 e. The Bertz CT molecular complexity index is 124. The predicted molar refractivity (Wildman–Crippen MR) is 35.0 cm³/mol. The first-order chi connectivity index (χ1) is 4.25. The van der Waals surface area contributed by atoms with E-state index in [-0.39, 0.29) is 11.9 Å². The summed E-state index contributed by atoms with van der Waals surface area (Å²) in [5, 5.41) is 5.72. The molecular weight excluding hydrogens is 116 g/mol. The van der Waals surface area contributed by atoms with Gasteiger partial charge in [-0.25, -0.2) is 0 Å². The van der Waals surface area contributed by atoms with Crippen LogP contribution in [-0.4, -0.2) is 25.5 Å². The molecule has 0 saturated carbocycles. The van der Waals surface area contributed by atoms with Crippen LogP contribution in [0.1, 0.15) is 6.92 Å². The lowest BCUT2D eigenvalue weighted by Gasteiger charge is -2.08. The summed E-state index contributed by atoms with van der Waals surface area (Å²) >= 11 is 0. The Hall–Kier alpha value is -0.570. The molecule has 52 valence electrons. The van der Waals surface area contributed by atoms with Crippen LogP contribution in [-0.2, 0) is 4.79 Å². The van der Waals surface area contributed by atoms with Crippen molar-refractivity contribution in [2.75, 3.05) is 13.6 Å². The van der Waals surface area contributed by atoms with Crippen molar-refractivity contribution in [3.8, 4) is 0 Å². The zero-order valence-electron chi connectivity index (χ0n) is 5.77. The van der Waals surface area contributed by atoms with Crippen LogP contribution in [0, 0.1) is 5.92 Å². The molecular formula is C6H12N2O. The maximum Gasteiger partial charge on any atom is 0.237 e. The van der Waals surface area contributed by atoms with Crippen LogP contribution in [0.15, 0.2) is 0 Å². The second-order valence-corrected chi connectivity index (χ2v) is 2.49. The van der Waals surface area contributed by atoms with Gasteiger partial charge in [-0.05, 0) is 13.0 Å². The molecule has 0 aliphatic carbocycles. The van der Waals surface area contributed by atoms with E-state index in [4.69, 9.17) is 0 Å². The minimum absolute atomic E-state index is 0.0324. The van der Waals surface area contributed by atoms with Gasteiger partial charge >= 0.3 is 0 Å². The van der Waals surface area contributed by atoms with Crippen molar-refractivity contribution in [2.45, 2.75) is 13.0 Å². The fourth-order valence-electron chi connectivity index (χ4n) is 1.16. The molecule has 0 bridgehead atoms. The van der Waals surface area contributed by atoms with Crippen molar-refractivity contribution in [3.05, 3.63) is 0 Å². The van der Waals surface area contributed by atoms with Gasteiger partial charge in [0.15, 0.2) is 0 Å². The van der Waals surface area contributed by atoms with Gasteiger partial charge in [0.1, 0.15) is 0 Å². The maximum absolute atomic E-state index is 10.8. The van der Waals surface area contributed by atoms with Crippen molar-refractivity contribution < 1.29 is 4.79 Å².